The quantitative estimate of drug-likeness (QED) is 0.834. The zero-order valence-corrected chi connectivity index (χ0v) is 10.3. The van der Waals surface area contributed by atoms with Crippen molar-refractivity contribution in [2.24, 2.45) is 0 Å². The predicted molar refractivity (Wildman–Crippen MR) is 66.0 cm³/mol. The summed E-state index contributed by atoms with van der Waals surface area (Å²) in [6.07, 6.45) is 4.81. The molecule has 2 N–H and O–H groups in total. The first-order chi connectivity index (χ1) is 8.28. The van der Waals surface area contributed by atoms with Crippen molar-refractivity contribution < 1.29 is 4.79 Å². The Bertz CT molecular complexity index is 518. The minimum Gasteiger partial charge on any atom is -0.353 e. The third-order valence-electron chi connectivity index (χ3n) is 3.08. The number of nitrogens with one attached hydrogen (secondary N) is 2. The lowest BCUT2D eigenvalue weighted by molar-refractivity contribution is -0.125. The molecule has 17 heavy (non-hydrogen) atoms. The number of carbonyl (C=O) groups is 1. The first-order valence-electron chi connectivity index (χ1n) is 5.74. The summed E-state index contributed by atoms with van der Waals surface area (Å²) in [5.74, 6) is 0.0878. The van der Waals surface area contributed by atoms with Gasteiger partial charge in [0.1, 0.15) is 0 Å². The van der Waals surface area contributed by atoms with Crippen molar-refractivity contribution >= 4 is 22.2 Å². The van der Waals surface area contributed by atoms with Gasteiger partial charge in [-0.1, -0.05) is 6.92 Å². The molecular formula is C11H14N4OS. The second kappa shape index (κ2) is 4.12. The Morgan fingerprint density at radius 3 is 3.29 bits per heavy atom. The molecule has 1 saturated heterocycles. The molecule has 2 aromatic heterocycles. The smallest absolute Gasteiger partial charge is 0.237 e. The molecule has 1 aliphatic heterocycles. The van der Waals surface area contributed by atoms with Gasteiger partial charge in [0.05, 0.1) is 17.8 Å². The van der Waals surface area contributed by atoms with E-state index in [-0.39, 0.29) is 18.0 Å². The molecule has 0 saturated carbocycles. The molecule has 3 rings (SSSR count). The van der Waals surface area contributed by atoms with E-state index in [0.29, 0.717) is 6.54 Å². The molecule has 0 radical (unpaired) electrons. The highest BCUT2D eigenvalue weighted by molar-refractivity contribution is 7.15. The second-order valence-electron chi connectivity index (χ2n) is 4.18. The Kier molecular flexibility index (Phi) is 2.60. The zero-order chi connectivity index (χ0) is 11.8. The van der Waals surface area contributed by atoms with E-state index in [1.165, 1.54) is 0 Å². The highest BCUT2D eigenvalue weighted by Crippen LogP contribution is 2.19. The summed E-state index contributed by atoms with van der Waals surface area (Å²) in [4.78, 5) is 17.1. The van der Waals surface area contributed by atoms with Gasteiger partial charge in [-0.3, -0.25) is 14.5 Å². The van der Waals surface area contributed by atoms with Crippen molar-refractivity contribution in [3.63, 3.8) is 0 Å². The molecule has 5 nitrogen and oxygen atoms in total. The fraction of sp³-hybridized carbons (Fsp3) is 0.455. The van der Waals surface area contributed by atoms with E-state index in [1.807, 2.05) is 29.1 Å². The number of fused-ring (bicyclic) bond motifs is 1. The fourth-order valence-corrected chi connectivity index (χ4v) is 2.82. The van der Waals surface area contributed by atoms with Crippen molar-refractivity contribution in [2.45, 2.75) is 25.4 Å². The Balaban J connectivity index is 1.84. The average molecular weight is 250 g/mol. The normalized spacial score (nSPS) is 25.1. The molecular weight excluding hydrogens is 236 g/mol. The van der Waals surface area contributed by atoms with Crippen molar-refractivity contribution in [1.82, 2.24) is 20.0 Å². The number of carbonyl (C=O) groups excluding carboxylic acids is 1. The lowest BCUT2D eigenvalue weighted by atomic mass is 10.1. The minimum absolute atomic E-state index is 0.0878. The number of aromatic nitrogens is 2. The van der Waals surface area contributed by atoms with E-state index in [0.717, 1.165) is 17.1 Å². The molecule has 2 unspecified atom stereocenters. The van der Waals surface area contributed by atoms with Crippen LogP contribution in [0.5, 0.6) is 0 Å². The number of piperazine rings is 1. The van der Waals surface area contributed by atoms with Crippen LogP contribution in [0.2, 0.25) is 0 Å². The van der Waals surface area contributed by atoms with Crippen molar-refractivity contribution in [3.05, 3.63) is 23.5 Å². The van der Waals surface area contributed by atoms with Crippen LogP contribution in [0.4, 0.5) is 0 Å². The van der Waals surface area contributed by atoms with E-state index in [1.54, 1.807) is 11.3 Å². The Labute approximate surface area is 103 Å². The van der Waals surface area contributed by atoms with Gasteiger partial charge in [0, 0.05) is 24.3 Å². The molecule has 0 aromatic carbocycles. The van der Waals surface area contributed by atoms with Gasteiger partial charge in [-0.15, -0.1) is 11.3 Å². The number of thiazole rings is 1. The summed E-state index contributed by atoms with van der Waals surface area (Å²) in [7, 11) is 0. The highest BCUT2D eigenvalue weighted by Gasteiger charge is 2.28. The third kappa shape index (κ3) is 1.83. The number of rotatable bonds is 2. The predicted octanol–water partition coefficient (Wildman–Crippen LogP) is 0.935. The van der Waals surface area contributed by atoms with Gasteiger partial charge in [-0.25, -0.2) is 4.98 Å². The fourth-order valence-electron chi connectivity index (χ4n) is 2.11. The van der Waals surface area contributed by atoms with Gasteiger partial charge in [0.2, 0.25) is 5.91 Å². The molecule has 0 spiro atoms. The molecule has 6 heteroatoms. The number of amides is 1. The van der Waals surface area contributed by atoms with Crippen LogP contribution in [0.3, 0.4) is 0 Å². The lowest BCUT2D eigenvalue weighted by Crippen LogP contribution is -2.54. The summed E-state index contributed by atoms with van der Waals surface area (Å²) in [6.45, 7) is 2.62. The van der Waals surface area contributed by atoms with Crippen LogP contribution in [0.1, 0.15) is 25.1 Å². The first-order valence-corrected chi connectivity index (χ1v) is 6.61. The summed E-state index contributed by atoms with van der Waals surface area (Å²) in [5.41, 5.74) is 0.996. The maximum atomic E-state index is 11.5. The van der Waals surface area contributed by atoms with Gasteiger partial charge in [-0.05, 0) is 6.42 Å². The largest absolute Gasteiger partial charge is 0.353 e. The van der Waals surface area contributed by atoms with E-state index >= 15 is 0 Å². The zero-order valence-electron chi connectivity index (χ0n) is 9.51. The molecule has 2 aromatic rings. The SMILES string of the molecule is CCC1NC(c2cn3ccsc3n2)CNC1=O. The Hall–Kier alpha value is -1.40. The molecule has 90 valence electrons. The average Bonchev–Trinajstić information content (AvgIpc) is 2.90. The number of imidazole rings is 1. The van der Waals surface area contributed by atoms with Crippen LogP contribution >= 0.6 is 11.3 Å². The van der Waals surface area contributed by atoms with Crippen molar-refractivity contribution in [1.29, 1.82) is 0 Å². The molecule has 0 bridgehead atoms. The Morgan fingerprint density at radius 1 is 1.65 bits per heavy atom. The first kappa shape index (κ1) is 10.7. The molecule has 0 aliphatic carbocycles. The van der Waals surface area contributed by atoms with Crippen LogP contribution in [0, 0.1) is 0 Å². The van der Waals surface area contributed by atoms with Gasteiger partial charge in [-0.2, -0.15) is 0 Å². The lowest BCUT2D eigenvalue weighted by Gasteiger charge is -2.29. The van der Waals surface area contributed by atoms with Crippen LogP contribution in [-0.4, -0.2) is 27.9 Å². The number of hydrogen-bond acceptors (Lipinski definition) is 4. The minimum atomic E-state index is -0.103. The Morgan fingerprint density at radius 2 is 2.53 bits per heavy atom. The van der Waals surface area contributed by atoms with Crippen LogP contribution in [-0.2, 0) is 4.79 Å². The van der Waals surface area contributed by atoms with E-state index in [2.05, 4.69) is 15.6 Å². The maximum absolute atomic E-state index is 11.5. The van der Waals surface area contributed by atoms with Gasteiger partial charge in [0.25, 0.3) is 0 Å². The van der Waals surface area contributed by atoms with E-state index < -0.39 is 0 Å². The molecule has 1 aliphatic rings. The summed E-state index contributed by atoms with van der Waals surface area (Å²) in [6, 6.07) is 0.0123. The van der Waals surface area contributed by atoms with Crippen LogP contribution < -0.4 is 10.6 Å². The van der Waals surface area contributed by atoms with Crippen molar-refractivity contribution in [2.75, 3.05) is 6.54 Å². The summed E-state index contributed by atoms with van der Waals surface area (Å²) >= 11 is 1.62. The molecule has 2 atom stereocenters. The monoisotopic (exact) mass is 250 g/mol. The standard InChI is InChI=1S/C11H14N4OS/c1-2-7-10(16)12-5-8(13-7)9-6-15-3-4-17-11(15)14-9/h3-4,6-8,13H,2,5H2,1H3,(H,12,16). The van der Waals surface area contributed by atoms with Crippen LogP contribution in [0.25, 0.3) is 4.96 Å². The van der Waals surface area contributed by atoms with Crippen LogP contribution in [0.15, 0.2) is 17.8 Å². The van der Waals surface area contributed by atoms with Crippen molar-refractivity contribution in [3.8, 4) is 0 Å². The van der Waals surface area contributed by atoms with E-state index in [4.69, 9.17) is 0 Å². The van der Waals surface area contributed by atoms with Gasteiger partial charge >= 0.3 is 0 Å². The maximum Gasteiger partial charge on any atom is 0.237 e. The summed E-state index contributed by atoms with van der Waals surface area (Å²) in [5, 5.41) is 8.27. The third-order valence-corrected chi connectivity index (χ3v) is 3.85. The second-order valence-corrected chi connectivity index (χ2v) is 5.06. The molecule has 3 heterocycles. The number of nitrogens with zero attached hydrogens (tertiary/aromatic N) is 2. The highest BCUT2D eigenvalue weighted by atomic mass is 32.1. The summed E-state index contributed by atoms with van der Waals surface area (Å²) < 4.78 is 2.01. The van der Waals surface area contributed by atoms with E-state index in [9.17, 15) is 4.79 Å². The van der Waals surface area contributed by atoms with Gasteiger partial charge in [0.15, 0.2) is 4.96 Å². The van der Waals surface area contributed by atoms with Gasteiger partial charge < -0.3 is 5.32 Å². The molecule has 1 fully saturated rings. The number of hydrogen-bond donors (Lipinski definition) is 2. The molecule has 1 amide bonds. The topological polar surface area (TPSA) is 58.4 Å².